The van der Waals surface area contributed by atoms with Crippen molar-refractivity contribution >= 4 is 28.5 Å². The van der Waals surface area contributed by atoms with Crippen molar-refractivity contribution in [1.29, 1.82) is 0 Å². The molecule has 7 nitrogen and oxygen atoms in total. The van der Waals surface area contributed by atoms with Gasteiger partial charge in [-0.2, -0.15) is 5.10 Å². The maximum atomic E-state index is 12.8. The standard InChI is InChI=1S/C18H17N5O2/c1-2-22(12-6-4-3-5-7-12)8-9-23-17(24)14-10-19-16-13(11-20-21-16)15(14)18(23)25/h3-7,10-11H,2,8-9H2,1H3,(H,19,20,21). The number of nitrogens with one attached hydrogen (secondary N) is 1. The Morgan fingerprint density at radius 2 is 1.92 bits per heavy atom. The van der Waals surface area contributed by atoms with Crippen molar-refractivity contribution in [3.8, 4) is 0 Å². The summed E-state index contributed by atoms with van der Waals surface area (Å²) in [4.78, 5) is 33.0. The fraction of sp³-hybridized carbons (Fsp3) is 0.222. The highest BCUT2D eigenvalue weighted by Crippen LogP contribution is 2.28. The first-order chi connectivity index (χ1) is 12.2. The summed E-state index contributed by atoms with van der Waals surface area (Å²) >= 11 is 0. The van der Waals surface area contributed by atoms with Gasteiger partial charge in [0.05, 0.1) is 22.7 Å². The first-order valence-electron chi connectivity index (χ1n) is 8.19. The average molecular weight is 335 g/mol. The number of hydrogen-bond acceptors (Lipinski definition) is 5. The molecule has 2 aromatic heterocycles. The monoisotopic (exact) mass is 335 g/mol. The van der Waals surface area contributed by atoms with Crippen LogP contribution in [-0.4, -0.2) is 51.5 Å². The van der Waals surface area contributed by atoms with Gasteiger partial charge in [0, 0.05) is 31.5 Å². The normalized spacial score (nSPS) is 13.6. The molecule has 7 heteroatoms. The van der Waals surface area contributed by atoms with Crippen molar-refractivity contribution < 1.29 is 9.59 Å². The zero-order chi connectivity index (χ0) is 17.4. The van der Waals surface area contributed by atoms with E-state index in [-0.39, 0.29) is 11.8 Å². The van der Waals surface area contributed by atoms with Crippen molar-refractivity contribution in [1.82, 2.24) is 20.1 Å². The number of likely N-dealkylation sites (N-methyl/N-ethyl adjacent to an activating group) is 1. The second kappa shape index (κ2) is 6.01. The molecule has 0 atom stereocenters. The molecule has 2 amide bonds. The number of fused-ring (bicyclic) bond motifs is 3. The van der Waals surface area contributed by atoms with Crippen LogP contribution in [0.3, 0.4) is 0 Å². The number of anilines is 1. The van der Waals surface area contributed by atoms with Gasteiger partial charge < -0.3 is 4.90 Å². The van der Waals surface area contributed by atoms with Gasteiger partial charge in [-0.3, -0.25) is 19.6 Å². The topological polar surface area (TPSA) is 82.2 Å². The number of benzene rings is 1. The van der Waals surface area contributed by atoms with Crippen molar-refractivity contribution in [2.45, 2.75) is 6.92 Å². The molecule has 25 heavy (non-hydrogen) atoms. The zero-order valence-electron chi connectivity index (χ0n) is 13.8. The minimum atomic E-state index is -0.292. The lowest BCUT2D eigenvalue weighted by atomic mass is 10.1. The lowest BCUT2D eigenvalue weighted by molar-refractivity contribution is 0.0659. The van der Waals surface area contributed by atoms with Gasteiger partial charge >= 0.3 is 0 Å². The average Bonchev–Trinajstić information content (AvgIpc) is 3.21. The van der Waals surface area contributed by atoms with E-state index in [1.165, 1.54) is 17.3 Å². The molecule has 4 rings (SSSR count). The van der Waals surface area contributed by atoms with E-state index in [4.69, 9.17) is 0 Å². The summed E-state index contributed by atoms with van der Waals surface area (Å²) in [6.07, 6.45) is 2.99. The van der Waals surface area contributed by atoms with Gasteiger partial charge in [0.25, 0.3) is 11.8 Å². The number of nitrogens with zero attached hydrogens (tertiary/aromatic N) is 4. The Hall–Kier alpha value is -3.22. The summed E-state index contributed by atoms with van der Waals surface area (Å²) < 4.78 is 0. The van der Waals surface area contributed by atoms with Crippen LogP contribution in [0, 0.1) is 0 Å². The molecule has 126 valence electrons. The molecule has 0 spiro atoms. The van der Waals surface area contributed by atoms with Crippen LogP contribution in [0.25, 0.3) is 11.0 Å². The smallest absolute Gasteiger partial charge is 0.263 e. The van der Waals surface area contributed by atoms with Gasteiger partial charge in [0.15, 0.2) is 5.65 Å². The first kappa shape index (κ1) is 15.3. The molecule has 3 aromatic rings. The highest BCUT2D eigenvalue weighted by molar-refractivity contribution is 6.25. The number of aromatic nitrogens is 3. The third kappa shape index (κ3) is 2.44. The first-order valence-corrected chi connectivity index (χ1v) is 8.19. The largest absolute Gasteiger partial charge is 0.370 e. The number of carbonyl (C=O) groups is 2. The number of amides is 2. The van der Waals surface area contributed by atoms with Crippen molar-refractivity contribution in [3.63, 3.8) is 0 Å². The molecule has 1 N–H and O–H groups in total. The number of H-pyrrole nitrogens is 1. The molecule has 3 heterocycles. The molecule has 0 bridgehead atoms. The Kier molecular flexibility index (Phi) is 3.68. The predicted molar refractivity (Wildman–Crippen MR) is 93.6 cm³/mol. The van der Waals surface area contributed by atoms with Gasteiger partial charge in [-0.1, -0.05) is 18.2 Å². The molecule has 1 aliphatic heterocycles. The summed E-state index contributed by atoms with van der Waals surface area (Å²) in [5, 5.41) is 7.23. The molecular weight excluding hydrogens is 318 g/mol. The van der Waals surface area contributed by atoms with E-state index in [1.54, 1.807) is 0 Å². The Morgan fingerprint density at radius 3 is 2.68 bits per heavy atom. The maximum absolute atomic E-state index is 12.8. The molecule has 0 unspecified atom stereocenters. The van der Waals surface area contributed by atoms with Crippen LogP contribution in [-0.2, 0) is 0 Å². The Bertz CT molecular complexity index is 951. The van der Waals surface area contributed by atoms with E-state index >= 15 is 0 Å². The minimum absolute atomic E-state index is 0.280. The second-order valence-electron chi connectivity index (χ2n) is 5.86. The Labute approximate surface area is 144 Å². The highest BCUT2D eigenvalue weighted by atomic mass is 16.2. The Morgan fingerprint density at radius 1 is 1.12 bits per heavy atom. The van der Waals surface area contributed by atoms with E-state index in [0.29, 0.717) is 35.2 Å². The van der Waals surface area contributed by atoms with Crippen LogP contribution in [0.4, 0.5) is 5.69 Å². The van der Waals surface area contributed by atoms with Gasteiger partial charge in [0.2, 0.25) is 0 Å². The summed E-state index contributed by atoms with van der Waals surface area (Å²) in [5.41, 5.74) is 2.33. The maximum Gasteiger partial charge on any atom is 0.263 e. The van der Waals surface area contributed by atoms with E-state index in [2.05, 4.69) is 20.1 Å². The number of imide groups is 1. The van der Waals surface area contributed by atoms with Gasteiger partial charge in [-0.05, 0) is 19.1 Å². The number of hydrogen-bond donors (Lipinski definition) is 1. The number of pyridine rings is 1. The zero-order valence-corrected chi connectivity index (χ0v) is 13.8. The van der Waals surface area contributed by atoms with Crippen LogP contribution in [0.5, 0.6) is 0 Å². The summed E-state index contributed by atoms with van der Waals surface area (Å²) in [6.45, 7) is 3.75. The van der Waals surface area contributed by atoms with Crippen molar-refractivity contribution in [3.05, 3.63) is 53.9 Å². The van der Waals surface area contributed by atoms with Gasteiger partial charge in [-0.25, -0.2) is 4.98 Å². The molecule has 0 aliphatic carbocycles. The van der Waals surface area contributed by atoms with Crippen LogP contribution in [0.1, 0.15) is 27.6 Å². The minimum Gasteiger partial charge on any atom is -0.370 e. The SMILES string of the molecule is CCN(CCN1C(=O)c2cnc3[nH]ncc3c2C1=O)c1ccccc1. The summed E-state index contributed by atoms with van der Waals surface area (Å²) in [7, 11) is 0. The molecule has 0 saturated heterocycles. The fourth-order valence-corrected chi connectivity index (χ4v) is 3.20. The third-order valence-electron chi connectivity index (χ3n) is 4.51. The molecule has 1 aliphatic rings. The lowest BCUT2D eigenvalue weighted by Crippen LogP contribution is -2.38. The summed E-state index contributed by atoms with van der Waals surface area (Å²) in [5.74, 6) is -0.572. The van der Waals surface area contributed by atoms with Crippen LogP contribution in [0.2, 0.25) is 0 Å². The van der Waals surface area contributed by atoms with E-state index in [1.807, 2.05) is 37.3 Å². The van der Waals surface area contributed by atoms with Crippen molar-refractivity contribution in [2.75, 3.05) is 24.5 Å². The molecule has 0 saturated carbocycles. The molecular formula is C18H17N5O2. The van der Waals surface area contributed by atoms with Crippen molar-refractivity contribution in [2.24, 2.45) is 0 Å². The van der Waals surface area contributed by atoms with Crippen LogP contribution in [0.15, 0.2) is 42.7 Å². The van der Waals surface area contributed by atoms with Crippen LogP contribution >= 0.6 is 0 Å². The van der Waals surface area contributed by atoms with E-state index in [9.17, 15) is 9.59 Å². The fourth-order valence-electron chi connectivity index (χ4n) is 3.20. The third-order valence-corrected chi connectivity index (χ3v) is 4.51. The number of carbonyl (C=O) groups excluding carboxylic acids is 2. The summed E-state index contributed by atoms with van der Waals surface area (Å²) in [6, 6.07) is 9.95. The van der Waals surface area contributed by atoms with E-state index in [0.717, 1.165) is 12.2 Å². The number of aromatic amines is 1. The number of para-hydroxylation sites is 1. The number of rotatable bonds is 5. The Balaban J connectivity index is 1.58. The predicted octanol–water partition coefficient (Wildman–Crippen LogP) is 2.08. The molecule has 1 aromatic carbocycles. The van der Waals surface area contributed by atoms with E-state index < -0.39 is 0 Å². The van der Waals surface area contributed by atoms with Gasteiger partial charge in [0.1, 0.15) is 0 Å². The van der Waals surface area contributed by atoms with Crippen LogP contribution < -0.4 is 4.90 Å². The lowest BCUT2D eigenvalue weighted by Gasteiger charge is -2.25. The second-order valence-corrected chi connectivity index (χ2v) is 5.86. The van der Waals surface area contributed by atoms with Gasteiger partial charge in [-0.15, -0.1) is 0 Å². The molecule has 0 fully saturated rings. The highest BCUT2D eigenvalue weighted by Gasteiger charge is 2.37. The molecule has 0 radical (unpaired) electrons. The quantitative estimate of drug-likeness (QED) is 0.722.